The summed E-state index contributed by atoms with van der Waals surface area (Å²) in [5, 5.41) is 8.34. The van der Waals surface area contributed by atoms with E-state index in [9.17, 15) is 0 Å². The van der Waals surface area contributed by atoms with Crippen LogP contribution in [0.2, 0.25) is 0 Å². The zero-order chi connectivity index (χ0) is 6.41. The van der Waals surface area contributed by atoms with Crippen molar-refractivity contribution in [2.45, 2.75) is 18.9 Å². The molecule has 0 aliphatic rings. The number of aliphatic hydroxyl groups excluding tert-OH is 1. The van der Waals surface area contributed by atoms with Crippen LogP contribution < -0.4 is 11.5 Å². The van der Waals surface area contributed by atoms with Gasteiger partial charge in [0, 0.05) is 12.6 Å². The van der Waals surface area contributed by atoms with Crippen LogP contribution in [0.4, 0.5) is 0 Å². The van der Waals surface area contributed by atoms with Crippen LogP contribution in [-0.2, 0) is 0 Å². The SMILES string of the molecule is NCCC(N)CCO. The molecule has 0 heterocycles. The average molecular weight is 118 g/mol. The molecule has 0 aromatic carbocycles. The lowest BCUT2D eigenvalue weighted by molar-refractivity contribution is 0.273. The van der Waals surface area contributed by atoms with Gasteiger partial charge in [0.1, 0.15) is 0 Å². The van der Waals surface area contributed by atoms with Crippen molar-refractivity contribution < 1.29 is 5.11 Å². The molecular formula is C5H14N2O. The van der Waals surface area contributed by atoms with E-state index < -0.39 is 0 Å². The molecule has 1 atom stereocenters. The molecule has 0 rings (SSSR count). The highest BCUT2D eigenvalue weighted by Crippen LogP contribution is 1.89. The molecule has 5 N–H and O–H groups in total. The third kappa shape index (κ3) is 4.05. The van der Waals surface area contributed by atoms with Crippen molar-refractivity contribution in [1.29, 1.82) is 0 Å². The van der Waals surface area contributed by atoms with E-state index in [1.54, 1.807) is 0 Å². The van der Waals surface area contributed by atoms with Gasteiger partial charge >= 0.3 is 0 Å². The summed E-state index contributed by atoms with van der Waals surface area (Å²) in [7, 11) is 0. The Hall–Kier alpha value is -0.120. The first-order chi connectivity index (χ1) is 3.81. The lowest BCUT2D eigenvalue weighted by Crippen LogP contribution is -2.24. The van der Waals surface area contributed by atoms with E-state index in [1.807, 2.05) is 0 Å². The van der Waals surface area contributed by atoms with E-state index in [2.05, 4.69) is 0 Å². The van der Waals surface area contributed by atoms with Crippen LogP contribution in [0.25, 0.3) is 0 Å². The minimum absolute atomic E-state index is 0.0880. The van der Waals surface area contributed by atoms with Crippen LogP contribution in [0, 0.1) is 0 Å². The lowest BCUT2D eigenvalue weighted by Gasteiger charge is -2.05. The third-order valence-corrected chi connectivity index (χ3v) is 1.04. The van der Waals surface area contributed by atoms with Crippen molar-refractivity contribution in [2.75, 3.05) is 13.2 Å². The van der Waals surface area contributed by atoms with Gasteiger partial charge in [-0.05, 0) is 19.4 Å². The molecule has 0 spiro atoms. The maximum Gasteiger partial charge on any atom is 0.0445 e. The fourth-order valence-corrected chi connectivity index (χ4v) is 0.524. The van der Waals surface area contributed by atoms with Crippen molar-refractivity contribution in [3.05, 3.63) is 0 Å². The van der Waals surface area contributed by atoms with Gasteiger partial charge in [-0.25, -0.2) is 0 Å². The first-order valence-corrected chi connectivity index (χ1v) is 2.87. The summed E-state index contributed by atoms with van der Waals surface area (Å²) in [5.74, 6) is 0. The minimum Gasteiger partial charge on any atom is -0.396 e. The molecule has 0 aliphatic carbocycles. The Bertz CT molecular complexity index is 43.7. The molecule has 0 radical (unpaired) electrons. The first kappa shape index (κ1) is 7.88. The minimum atomic E-state index is 0.0880. The molecular weight excluding hydrogens is 104 g/mol. The van der Waals surface area contributed by atoms with Crippen molar-refractivity contribution >= 4 is 0 Å². The van der Waals surface area contributed by atoms with Gasteiger partial charge < -0.3 is 16.6 Å². The molecule has 1 unspecified atom stereocenters. The summed E-state index contributed by atoms with van der Waals surface area (Å²) in [4.78, 5) is 0. The summed E-state index contributed by atoms with van der Waals surface area (Å²) in [6, 6.07) is 0.0880. The van der Waals surface area contributed by atoms with E-state index >= 15 is 0 Å². The molecule has 0 fully saturated rings. The highest BCUT2D eigenvalue weighted by molar-refractivity contribution is 4.59. The largest absolute Gasteiger partial charge is 0.396 e. The summed E-state index contributed by atoms with van der Waals surface area (Å²) >= 11 is 0. The van der Waals surface area contributed by atoms with E-state index in [4.69, 9.17) is 16.6 Å². The van der Waals surface area contributed by atoms with Gasteiger partial charge in [0.15, 0.2) is 0 Å². The maximum atomic E-state index is 8.34. The first-order valence-electron chi connectivity index (χ1n) is 2.87. The van der Waals surface area contributed by atoms with Crippen LogP contribution >= 0.6 is 0 Å². The second-order valence-electron chi connectivity index (χ2n) is 1.85. The van der Waals surface area contributed by atoms with Crippen molar-refractivity contribution in [1.82, 2.24) is 0 Å². The molecule has 0 amide bonds. The molecule has 0 aliphatic heterocycles. The van der Waals surface area contributed by atoms with Gasteiger partial charge in [-0.1, -0.05) is 0 Å². The molecule has 8 heavy (non-hydrogen) atoms. The highest BCUT2D eigenvalue weighted by atomic mass is 16.3. The fourth-order valence-electron chi connectivity index (χ4n) is 0.524. The monoisotopic (exact) mass is 118 g/mol. The number of aliphatic hydroxyl groups is 1. The Morgan fingerprint density at radius 1 is 1.38 bits per heavy atom. The Kier molecular flexibility index (Phi) is 4.95. The average Bonchev–Trinajstić information content (AvgIpc) is 1.68. The van der Waals surface area contributed by atoms with Crippen LogP contribution in [0.5, 0.6) is 0 Å². The Morgan fingerprint density at radius 2 is 2.00 bits per heavy atom. The quantitative estimate of drug-likeness (QED) is 0.445. The Morgan fingerprint density at radius 3 is 2.38 bits per heavy atom. The smallest absolute Gasteiger partial charge is 0.0445 e. The molecule has 3 nitrogen and oxygen atoms in total. The molecule has 3 heteroatoms. The molecule has 0 aromatic rings. The fraction of sp³-hybridized carbons (Fsp3) is 1.00. The normalized spacial score (nSPS) is 13.9. The van der Waals surface area contributed by atoms with Crippen LogP contribution in [0.3, 0.4) is 0 Å². The second kappa shape index (κ2) is 5.03. The predicted molar refractivity (Wildman–Crippen MR) is 33.3 cm³/mol. The van der Waals surface area contributed by atoms with Gasteiger partial charge in [0.2, 0.25) is 0 Å². The van der Waals surface area contributed by atoms with Crippen LogP contribution in [0.1, 0.15) is 12.8 Å². The molecule has 50 valence electrons. The van der Waals surface area contributed by atoms with Gasteiger partial charge in [-0.15, -0.1) is 0 Å². The van der Waals surface area contributed by atoms with E-state index in [1.165, 1.54) is 0 Å². The van der Waals surface area contributed by atoms with Gasteiger partial charge in [0.05, 0.1) is 0 Å². The molecule has 0 saturated heterocycles. The van der Waals surface area contributed by atoms with E-state index in [0.717, 1.165) is 6.42 Å². The van der Waals surface area contributed by atoms with Gasteiger partial charge in [-0.3, -0.25) is 0 Å². The molecule has 0 bridgehead atoms. The second-order valence-corrected chi connectivity index (χ2v) is 1.85. The standard InChI is InChI=1S/C5H14N2O/c6-3-1-5(7)2-4-8/h5,8H,1-4,6-7H2. The van der Waals surface area contributed by atoms with E-state index in [0.29, 0.717) is 13.0 Å². The Labute approximate surface area is 49.7 Å². The maximum absolute atomic E-state index is 8.34. The molecule has 0 aromatic heterocycles. The number of hydrogen-bond acceptors (Lipinski definition) is 3. The zero-order valence-electron chi connectivity index (χ0n) is 5.01. The van der Waals surface area contributed by atoms with Crippen LogP contribution in [-0.4, -0.2) is 24.3 Å². The van der Waals surface area contributed by atoms with Crippen LogP contribution in [0.15, 0.2) is 0 Å². The van der Waals surface area contributed by atoms with Crippen molar-refractivity contribution in [3.63, 3.8) is 0 Å². The number of hydrogen-bond donors (Lipinski definition) is 3. The number of rotatable bonds is 4. The van der Waals surface area contributed by atoms with Crippen molar-refractivity contribution in [2.24, 2.45) is 11.5 Å². The molecule has 0 saturated carbocycles. The predicted octanol–water partition coefficient (Wildman–Crippen LogP) is -0.955. The third-order valence-electron chi connectivity index (χ3n) is 1.04. The summed E-state index contributed by atoms with van der Waals surface area (Å²) < 4.78 is 0. The van der Waals surface area contributed by atoms with Gasteiger partial charge in [-0.2, -0.15) is 0 Å². The zero-order valence-corrected chi connectivity index (χ0v) is 5.01. The lowest BCUT2D eigenvalue weighted by atomic mass is 10.2. The highest BCUT2D eigenvalue weighted by Gasteiger charge is 1.96. The van der Waals surface area contributed by atoms with E-state index in [-0.39, 0.29) is 12.6 Å². The summed E-state index contributed by atoms with van der Waals surface area (Å²) in [5.41, 5.74) is 10.7. The Balaban J connectivity index is 2.92. The number of nitrogens with two attached hydrogens (primary N) is 2. The van der Waals surface area contributed by atoms with Crippen molar-refractivity contribution in [3.8, 4) is 0 Å². The summed E-state index contributed by atoms with van der Waals surface area (Å²) in [6.45, 7) is 0.780. The van der Waals surface area contributed by atoms with Gasteiger partial charge in [0.25, 0.3) is 0 Å². The summed E-state index contributed by atoms with van der Waals surface area (Å²) in [6.07, 6.45) is 1.47. The topological polar surface area (TPSA) is 72.3 Å².